The average Bonchev–Trinajstić information content (AvgIpc) is 2.88. The van der Waals surface area contributed by atoms with Gasteiger partial charge in [-0.3, -0.25) is 14.9 Å². The van der Waals surface area contributed by atoms with E-state index in [9.17, 15) is 5.11 Å². The van der Waals surface area contributed by atoms with Crippen molar-refractivity contribution in [1.29, 1.82) is 0 Å². The summed E-state index contributed by atoms with van der Waals surface area (Å²) in [6.07, 6.45) is 10.1. The summed E-state index contributed by atoms with van der Waals surface area (Å²) >= 11 is 0. The summed E-state index contributed by atoms with van der Waals surface area (Å²) in [7, 11) is 1.87. The minimum atomic E-state index is 0.167. The summed E-state index contributed by atoms with van der Waals surface area (Å²) < 4.78 is 0. The number of piperidine rings is 1. The second-order valence-corrected chi connectivity index (χ2v) is 8.44. The van der Waals surface area contributed by atoms with Gasteiger partial charge in [0.15, 0.2) is 0 Å². The number of nitrogens with one attached hydrogen (secondary N) is 1. The fourth-order valence-electron chi connectivity index (χ4n) is 4.28. The van der Waals surface area contributed by atoms with Gasteiger partial charge in [0.05, 0.1) is 18.6 Å². The van der Waals surface area contributed by atoms with E-state index in [0.717, 1.165) is 73.5 Å². The zero-order valence-corrected chi connectivity index (χ0v) is 19.2. The first-order valence-electron chi connectivity index (χ1n) is 11.6. The highest BCUT2D eigenvalue weighted by Gasteiger charge is 2.18. The Morgan fingerprint density at radius 2 is 1.97 bits per heavy atom. The number of likely N-dealkylation sites (tertiary alicyclic amines) is 1. The predicted molar refractivity (Wildman–Crippen MR) is 132 cm³/mol. The van der Waals surface area contributed by atoms with Gasteiger partial charge >= 0.3 is 0 Å². The lowest BCUT2D eigenvalue weighted by Crippen LogP contribution is -2.34. The minimum absolute atomic E-state index is 0.167. The fraction of sp³-hybridized carbons (Fsp3) is 0.370. The van der Waals surface area contributed by atoms with Crippen LogP contribution in [0.2, 0.25) is 0 Å². The van der Waals surface area contributed by atoms with Crippen LogP contribution in [0.5, 0.6) is 0 Å². The predicted octanol–water partition coefficient (Wildman–Crippen LogP) is 3.96. The molecule has 6 heteroatoms. The molecule has 0 spiro atoms. The van der Waals surface area contributed by atoms with Gasteiger partial charge in [-0.25, -0.2) is 4.98 Å². The number of nitrogens with zero attached hydrogens (tertiary/aromatic N) is 4. The van der Waals surface area contributed by atoms with E-state index < -0.39 is 0 Å². The van der Waals surface area contributed by atoms with Crippen molar-refractivity contribution in [3.05, 3.63) is 71.8 Å². The Balaban J connectivity index is 1.56. The van der Waals surface area contributed by atoms with Crippen molar-refractivity contribution in [2.75, 3.05) is 32.2 Å². The Kier molecular flexibility index (Phi) is 8.02. The fourth-order valence-corrected chi connectivity index (χ4v) is 4.28. The van der Waals surface area contributed by atoms with Crippen LogP contribution in [0.15, 0.2) is 55.0 Å². The topological polar surface area (TPSA) is 74.2 Å². The second-order valence-electron chi connectivity index (χ2n) is 8.44. The molecule has 0 bridgehead atoms. The largest absolute Gasteiger partial charge is 0.381 e. The summed E-state index contributed by atoms with van der Waals surface area (Å²) in [6, 6.07) is 12.5. The highest BCUT2D eigenvalue weighted by atomic mass is 16.3. The van der Waals surface area contributed by atoms with E-state index in [1.165, 1.54) is 5.56 Å². The van der Waals surface area contributed by atoms with Crippen LogP contribution in [0.4, 0.5) is 5.82 Å². The van der Waals surface area contributed by atoms with Gasteiger partial charge in [-0.15, -0.1) is 0 Å². The first-order valence-corrected chi connectivity index (χ1v) is 11.6. The zero-order valence-electron chi connectivity index (χ0n) is 19.2. The summed E-state index contributed by atoms with van der Waals surface area (Å²) in [4.78, 5) is 15.7. The molecule has 1 fully saturated rings. The SMILES string of the molecule is CNc1nc(C#CCCC2CCN(CO)CC2)c(Cc2ccccc2)cc1-c1cnccn1. The van der Waals surface area contributed by atoms with E-state index in [2.05, 4.69) is 62.4 Å². The monoisotopic (exact) mass is 441 g/mol. The van der Waals surface area contributed by atoms with Crippen LogP contribution in [0.25, 0.3) is 11.3 Å². The third kappa shape index (κ3) is 6.16. The van der Waals surface area contributed by atoms with Crippen molar-refractivity contribution < 1.29 is 5.11 Å². The lowest BCUT2D eigenvalue weighted by atomic mass is 9.92. The molecule has 33 heavy (non-hydrogen) atoms. The van der Waals surface area contributed by atoms with E-state index >= 15 is 0 Å². The van der Waals surface area contributed by atoms with Crippen LogP contribution in [-0.4, -0.2) is 51.8 Å². The molecule has 0 radical (unpaired) electrons. The number of aliphatic hydroxyl groups is 1. The molecule has 0 unspecified atom stereocenters. The lowest BCUT2D eigenvalue weighted by Gasteiger charge is -2.29. The molecule has 1 aliphatic heterocycles. The zero-order chi connectivity index (χ0) is 22.9. The van der Waals surface area contributed by atoms with Gasteiger partial charge in [0.1, 0.15) is 11.5 Å². The number of hydrogen-bond donors (Lipinski definition) is 2. The molecule has 0 aliphatic carbocycles. The Morgan fingerprint density at radius 1 is 1.15 bits per heavy atom. The highest BCUT2D eigenvalue weighted by Crippen LogP contribution is 2.28. The molecule has 0 atom stereocenters. The normalized spacial score (nSPS) is 14.5. The molecule has 1 aromatic carbocycles. The van der Waals surface area contributed by atoms with E-state index in [-0.39, 0.29) is 6.73 Å². The van der Waals surface area contributed by atoms with Crippen LogP contribution < -0.4 is 5.32 Å². The molecular weight excluding hydrogens is 410 g/mol. The Bertz CT molecular complexity index is 1080. The van der Waals surface area contributed by atoms with Crippen LogP contribution in [0, 0.1) is 17.8 Å². The number of pyridine rings is 1. The molecule has 6 nitrogen and oxygen atoms in total. The van der Waals surface area contributed by atoms with Gasteiger partial charge in [0.25, 0.3) is 0 Å². The molecule has 0 amide bonds. The van der Waals surface area contributed by atoms with Gasteiger partial charge in [0, 0.05) is 50.9 Å². The van der Waals surface area contributed by atoms with E-state index in [1.807, 2.05) is 13.1 Å². The average molecular weight is 442 g/mol. The third-order valence-electron chi connectivity index (χ3n) is 6.21. The maximum Gasteiger partial charge on any atom is 0.136 e. The number of rotatable bonds is 7. The smallest absolute Gasteiger partial charge is 0.136 e. The van der Waals surface area contributed by atoms with Crippen molar-refractivity contribution in [3.63, 3.8) is 0 Å². The molecule has 3 aromatic rings. The van der Waals surface area contributed by atoms with Crippen LogP contribution in [-0.2, 0) is 6.42 Å². The number of hydrogen-bond acceptors (Lipinski definition) is 6. The molecule has 4 rings (SSSR count). The van der Waals surface area contributed by atoms with Gasteiger partial charge in [-0.05, 0) is 48.3 Å². The van der Waals surface area contributed by atoms with Crippen LogP contribution >= 0.6 is 0 Å². The lowest BCUT2D eigenvalue weighted by molar-refractivity contribution is 0.0720. The summed E-state index contributed by atoms with van der Waals surface area (Å²) in [5.41, 5.74) is 4.84. The van der Waals surface area contributed by atoms with E-state index in [1.54, 1.807) is 18.6 Å². The van der Waals surface area contributed by atoms with Crippen molar-refractivity contribution in [2.24, 2.45) is 5.92 Å². The molecule has 1 aliphatic rings. The molecule has 1 saturated heterocycles. The Hall–Kier alpha value is -3.27. The van der Waals surface area contributed by atoms with Gasteiger partial charge in [-0.1, -0.05) is 36.3 Å². The van der Waals surface area contributed by atoms with E-state index in [0.29, 0.717) is 5.92 Å². The molecule has 2 N–H and O–H groups in total. The van der Waals surface area contributed by atoms with Gasteiger partial charge in [-0.2, -0.15) is 0 Å². The molecule has 170 valence electrons. The van der Waals surface area contributed by atoms with Crippen molar-refractivity contribution >= 4 is 5.82 Å². The summed E-state index contributed by atoms with van der Waals surface area (Å²) in [5.74, 6) is 8.18. The molecular formula is C27H31N5O. The summed E-state index contributed by atoms with van der Waals surface area (Å²) in [6.45, 7) is 2.13. The number of aromatic nitrogens is 3. The van der Waals surface area contributed by atoms with Crippen molar-refractivity contribution in [2.45, 2.75) is 32.1 Å². The quantitative estimate of drug-likeness (QED) is 0.541. The summed E-state index contributed by atoms with van der Waals surface area (Å²) in [5, 5.41) is 12.5. The molecule has 3 heterocycles. The first kappa shape index (κ1) is 22.9. The number of anilines is 1. The third-order valence-corrected chi connectivity index (χ3v) is 6.21. The standard InChI is InChI=1S/C27H31N5O/c1-28-27-24(26-19-29-13-14-30-26)18-23(17-22-8-3-2-4-9-22)25(31-27)10-6-5-7-21-11-15-32(20-33)16-12-21/h2-4,8-9,13-14,18-19,21,33H,5,7,11-12,15-17,20H2,1H3,(H,28,31). The van der Waals surface area contributed by atoms with E-state index in [4.69, 9.17) is 4.98 Å². The first-order chi connectivity index (χ1) is 16.3. The molecule has 2 aromatic heterocycles. The Labute approximate surface area is 196 Å². The minimum Gasteiger partial charge on any atom is -0.381 e. The van der Waals surface area contributed by atoms with Gasteiger partial charge < -0.3 is 10.4 Å². The molecule has 0 saturated carbocycles. The number of aliphatic hydroxyl groups excluding tert-OH is 1. The van der Waals surface area contributed by atoms with Crippen molar-refractivity contribution in [1.82, 2.24) is 19.9 Å². The second kappa shape index (κ2) is 11.6. The maximum absolute atomic E-state index is 9.27. The van der Waals surface area contributed by atoms with Crippen molar-refractivity contribution in [3.8, 4) is 23.1 Å². The van der Waals surface area contributed by atoms with Gasteiger partial charge in [0.2, 0.25) is 0 Å². The maximum atomic E-state index is 9.27. The Morgan fingerprint density at radius 3 is 2.67 bits per heavy atom. The number of benzene rings is 1. The highest BCUT2D eigenvalue weighted by molar-refractivity contribution is 5.74. The van der Waals surface area contributed by atoms with Crippen LogP contribution in [0.3, 0.4) is 0 Å². The van der Waals surface area contributed by atoms with Crippen LogP contribution in [0.1, 0.15) is 42.5 Å².